The molecule has 0 N–H and O–H groups in total. The van der Waals surface area contributed by atoms with Crippen molar-refractivity contribution in [1.82, 2.24) is 0 Å². The van der Waals surface area contributed by atoms with Crippen molar-refractivity contribution in [3.63, 3.8) is 0 Å². The summed E-state index contributed by atoms with van der Waals surface area (Å²) in [4.78, 5) is 0. The Bertz CT molecular complexity index is 543. The van der Waals surface area contributed by atoms with E-state index in [1.807, 2.05) is 26.8 Å². The molecule has 0 aliphatic heterocycles. The Morgan fingerprint density at radius 1 is 1.21 bits per heavy atom. The zero-order chi connectivity index (χ0) is 14.4. The summed E-state index contributed by atoms with van der Waals surface area (Å²) in [6.07, 6.45) is 14.6. The van der Waals surface area contributed by atoms with Crippen molar-refractivity contribution in [3.05, 3.63) is 58.1 Å². The largest absolute Gasteiger partial charge is 0.462 e. The summed E-state index contributed by atoms with van der Waals surface area (Å²) in [5.74, 6) is 4.38. The van der Waals surface area contributed by atoms with E-state index < -0.39 is 0 Å². The van der Waals surface area contributed by atoms with Crippen molar-refractivity contribution >= 4 is 0 Å². The Morgan fingerprint density at radius 3 is 2.53 bits per heavy atom. The number of hydrogen-bond donors (Lipinski definition) is 0. The highest BCUT2D eigenvalue weighted by atomic mass is 16.5. The fourth-order valence-corrected chi connectivity index (χ4v) is 1.71. The quantitative estimate of drug-likeness (QED) is 0.389. The topological polar surface area (TPSA) is 9.23 Å². The maximum atomic E-state index is 5.87. The molecule has 0 saturated heterocycles. The predicted molar refractivity (Wildman–Crippen MR) is 82.3 cm³/mol. The Kier molecular flexibility index (Phi) is 5.45. The zero-order valence-corrected chi connectivity index (χ0v) is 12.5. The highest BCUT2D eigenvalue weighted by Crippen LogP contribution is 2.20. The standard InChI is InChI=1S/C18H22O/c1-7-13(2)15(4)11-17(6)19-18-10-8-9-14(3)16(5)12-18/h1,9-12H,8H2,2-6H3. The van der Waals surface area contributed by atoms with E-state index in [1.54, 1.807) is 0 Å². The summed E-state index contributed by atoms with van der Waals surface area (Å²) in [6.45, 7) is 10.1. The van der Waals surface area contributed by atoms with Crippen molar-refractivity contribution in [2.45, 2.75) is 41.0 Å². The number of rotatable bonds is 3. The summed E-state index contributed by atoms with van der Waals surface area (Å²) < 4.78 is 5.87. The van der Waals surface area contributed by atoms with Crippen LogP contribution in [-0.4, -0.2) is 0 Å². The fraction of sp³-hybridized carbons (Fsp3) is 0.333. The average Bonchev–Trinajstić information content (AvgIpc) is 2.50. The Hall–Kier alpha value is -1.94. The van der Waals surface area contributed by atoms with Crippen LogP contribution in [0, 0.1) is 12.3 Å². The molecule has 1 rings (SSSR count). The van der Waals surface area contributed by atoms with Crippen LogP contribution in [0.3, 0.4) is 0 Å². The van der Waals surface area contributed by atoms with Gasteiger partial charge in [0, 0.05) is 5.57 Å². The molecule has 0 spiro atoms. The molecule has 0 fully saturated rings. The maximum Gasteiger partial charge on any atom is 0.123 e. The Labute approximate surface area is 117 Å². The predicted octanol–water partition coefficient (Wildman–Crippen LogP) is 5.06. The van der Waals surface area contributed by atoms with Crippen molar-refractivity contribution in [2.24, 2.45) is 0 Å². The first-order valence-corrected chi connectivity index (χ1v) is 6.50. The number of ether oxygens (including phenoxy) is 1. The molecule has 1 aliphatic rings. The van der Waals surface area contributed by atoms with Crippen LogP contribution < -0.4 is 0 Å². The molecule has 19 heavy (non-hydrogen) atoms. The second-order valence-corrected chi connectivity index (χ2v) is 4.87. The van der Waals surface area contributed by atoms with E-state index in [4.69, 9.17) is 11.2 Å². The zero-order valence-electron chi connectivity index (χ0n) is 12.5. The number of hydrogen-bond acceptors (Lipinski definition) is 1. The molecule has 0 aromatic carbocycles. The third-order valence-electron chi connectivity index (χ3n) is 3.23. The van der Waals surface area contributed by atoms with Crippen LogP contribution in [0.4, 0.5) is 0 Å². The van der Waals surface area contributed by atoms with Gasteiger partial charge in [0.15, 0.2) is 0 Å². The molecule has 0 saturated carbocycles. The minimum atomic E-state index is 0.849. The molecule has 0 aromatic heterocycles. The van der Waals surface area contributed by atoms with E-state index in [-0.39, 0.29) is 0 Å². The lowest BCUT2D eigenvalue weighted by Gasteiger charge is -2.08. The monoisotopic (exact) mass is 254 g/mol. The van der Waals surface area contributed by atoms with Gasteiger partial charge in [-0.25, -0.2) is 0 Å². The van der Waals surface area contributed by atoms with Crippen LogP contribution in [0.25, 0.3) is 0 Å². The minimum absolute atomic E-state index is 0.849. The van der Waals surface area contributed by atoms with E-state index in [0.29, 0.717) is 0 Å². The van der Waals surface area contributed by atoms with Crippen LogP contribution in [-0.2, 0) is 4.74 Å². The third kappa shape index (κ3) is 4.67. The lowest BCUT2D eigenvalue weighted by atomic mass is 10.1. The lowest BCUT2D eigenvalue weighted by Crippen LogP contribution is -1.90. The van der Waals surface area contributed by atoms with Gasteiger partial charge in [-0.2, -0.15) is 0 Å². The van der Waals surface area contributed by atoms with Crippen LogP contribution in [0.15, 0.2) is 58.1 Å². The van der Waals surface area contributed by atoms with Gasteiger partial charge < -0.3 is 4.74 Å². The Balaban J connectivity index is 2.85. The SMILES string of the molecule is C#CC(C)=C(C)C=C(C)OC1=CCC=C(C)C(C)=C1. The van der Waals surface area contributed by atoms with Crippen LogP contribution in [0.5, 0.6) is 0 Å². The molecule has 0 bridgehead atoms. The molecule has 0 atom stereocenters. The highest BCUT2D eigenvalue weighted by Gasteiger charge is 2.03. The van der Waals surface area contributed by atoms with Crippen LogP contribution in [0.2, 0.25) is 0 Å². The summed E-state index contributed by atoms with van der Waals surface area (Å²) in [7, 11) is 0. The third-order valence-corrected chi connectivity index (χ3v) is 3.23. The molecular formula is C18H22O. The van der Waals surface area contributed by atoms with E-state index in [9.17, 15) is 0 Å². The molecule has 100 valence electrons. The molecule has 1 aliphatic carbocycles. The van der Waals surface area contributed by atoms with Crippen LogP contribution >= 0.6 is 0 Å². The molecule has 0 amide bonds. The maximum absolute atomic E-state index is 5.87. The van der Waals surface area contributed by atoms with Gasteiger partial charge in [-0.1, -0.05) is 17.6 Å². The summed E-state index contributed by atoms with van der Waals surface area (Å²) in [5, 5.41) is 0. The molecule has 0 unspecified atom stereocenters. The van der Waals surface area contributed by atoms with Gasteiger partial charge in [0.1, 0.15) is 11.5 Å². The number of allylic oxidation sites excluding steroid dienone is 9. The molecule has 0 radical (unpaired) electrons. The van der Waals surface area contributed by atoms with Gasteiger partial charge in [0.25, 0.3) is 0 Å². The van der Waals surface area contributed by atoms with E-state index in [2.05, 4.69) is 38.0 Å². The van der Waals surface area contributed by atoms with E-state index >= 15 is 0 Å². The summed E-state index contributed by atoms with van der Waals surface area (Å²) >= 11 is 0. The van der Waals surface area contributed by atoms with Gasteiger partial charge in [-0.15, -0.1) is 6.42 Å². The van der Waals surface area contributed by atoms with Crippen LogP contribution in [0.1, 0.15) is 41.0 Å². The van der Waals surface area contributed by atoms with Crippen molar-refractivity contribution in [2.75, 3.05) is 0 Å². The van der Waals surface area contributed by atoms with Gasteiger partial charge in [-0.3, -0.25) is 0 Å². The van der Waals surface area contributed by atoms with Gasteiger partial charge in [-0.05, 0) is 70.4 Å². The van der Waals surface area contributed by atoms with Crippen molar-refractivity contribution < 1.29 is 4.74 Å². The molecule has 1 heteroatoms. The minimum Gasteiger partial charge on any atom is -0.462 e. The van der Waals surface area contributed by atoms with Gasteiger partial charge >= 0.3 is 0 Å². The second kappa shape index (κ2) is 6.85. The molecule has 0 aromatic rings. The first-order chi connectivity index (χ1) is 8.93. The first kappa shape index (κ1) is 15.1. The second-order valence-electron chi connectivity index (χ2n) is 4.87. The molecular weight excluding hydrogens is 232 g/mol. The molecule has 0 heterocycles. The Morgan fingerprint density at radius 2 is 1.89 bits per heavy atom. The van der Waals surface area contributed by atoms with E-state index in [1.165, 1.54) is 11.1 Å². The van der Waals surface area contributed by atoms with Crippen molar-refractivity contribution in [3.8, 4) is 12.3 Å². The van der Waals surface area contributed by atoms with Gasteiger partial charge in [0.2, 0.25) is 0 Å². The summed E-state index contributed by atoms with van der Waals surface area (Å²) in [6, 6.07) is 0. The first-order valence-electron chi connectivity index (χ1n) is 6.50. The van der Waals surface area contributed by atoms with E-state index in [0.717, 1.165) is 29.1 Å². The lowest BCUT2D eigenvalue weighted by molar-refractivity contribution is 0.320. The highest BCUT2D eigenvalue weighted by molar-refractivity contribution is 5.37. The summed E-state index contributed by atoms with van der Waals surface area (Å²) in [5.41, 5.74) is 4.53. The normalized spacial score (nSPS) is 17.5. The van der Waals surface area contributed by atoms with Gasteiger partial charge in [0.05, 0.1) is 0 Å². The smallest absolute Gasteiger partial charge is 0.123 e. The molecule has 1 nitrogen and oxygen atoms in total. The van der Waals surface area contributed by atoms with Crippen molar-refractivity contribution in [1.29, 1.82) is 0 Å². The number of terminal acetylenes is 1. The fourth-order valence-electron chi connectivity index (χ4n) is 1.71. The average molecular weight is 254 g/mol.